The molecule has 0 aromatic heterocycles. The van der Waals surface area contributed by atoms with Crippen LogP contribution in [0.15, 0.2) is 18.2 Å². The Morgan fingerprint density at radius 2 is 2.11 bits per heavy atom. The van der Waals surface area contributed by atoms with Crippen molar-refractivity contribution in [2.24, 2.45) is 0 Å². The molecule has 19 heavy (non-hydrogen) atoms. The summed E-state index contributed by atoms with van der Waals surface area (Å²) in [5.74, 6) is 0. The molecule has 0 aliphatic heterocycles. The summed E-state index contributed by atoms with van der Waals surface area (Å²) < 4.78 is 0. The maximum absolute atomic E-state index is 11.9. The molecule has 0 bridgehead atoms. The predicted octanol–water partition coefficient (Wildman–Crippen LogP) is 3.07. The van der Waals surface area contributed by atoms with E-state index < -0.39 is 6.10 Å². The first-order valence-electron chi connectivity index (χ1n) is 6.58. The van der Waals surface area contributed by atoms with Crippen molar-refractivity contribution >= 4 is 23.3 Å². The molecule has 1 saturated carbocycles. The second-order valence-electron chi connectivity index (χ2n) is 4.99. The highest BCUT2D eigenvalue weighted by Crippen LogP contribution is 2.25. The van der Waals surface area contributed by atoms with Crippen LogP contribution in [-0.4, -0.2) is 23.3 Å². The van der Waals surface area contributed by atoms with E-state index in [1.165, 1.54) is 0 Å². The molecule has 1 aliphatic carbocycles. The van der Waals surface area contributed by atoms with Gasteiger partial charge in [0.05, 0.1) is 22.9 Å². The van der Waals surface area contributed by atoms with Crippen LogP contribution in [0, 0.1) is 6.92 Å². The van der Waals surface area contributed by atoms with Crippen molar-refractivity contribution in [1.29, 1.82) is 0 Å². The zero-order valence-electron chi connectivity index (χ0n) is 10.9. The number of rotatable bonds is 2. The number of aryl methyl sites for hydroxylation is 1. The number of anilines is 1. The van der Waals surface area contributed by atoms with Gasteiger partial charge in [0.2, 0.25) is 0 Å². The average molecular weight is 283 g/mol. The van der Waals surface area contributed by atoms with Gasteiger partial charge in [-0.1, -0.05) is 36.6 Å². The minimum absolute atomic E-state index is 0.170. The summed E-state index contributed by atoms with van der Waals surface area (Å²) in [5, 5.41) is 15.9. The fraction of sp³-hybridized carbons (Fsp3) is 0.500. The molecule has 0 unspecified atom stereocenters. The van der Waals surface area contributed by atoms with Crippen LogP contribution in [0.25, 0.3) is 0 Å². The Morgan fingerprint density at radius 3 is 2.79 bits per heavy atom. The molecule has 0 spiro atoms. The van der Waals surface area contributed by atoms with Crippen LogP contribution < -0.4 is 10.6 Å². The maximum Gasteiger partial charge on any atom is 0.319 e. The normalized spacial score (nSPS) is 22.9. The minimum Gasteiger partial charge on any atom is -0.391 e. The molecule has 3 N–H and O–H groups in total. The van der Waals surface area contributed by atoms with Gasteiger partial charge in [-0.25, -0.2) is 4.79 Å². The van der Waals surface area contributed by atoms with Crippen LogP contribution in [0.2, 0.25) is 5.02 Å². The molecule has 0 saturated heterocycles. The molecule has 2 amide bonds. The predicted molar refractivity (Wildman–Crippen MR) is 76.6 cm³/mol. The van der Waals surface area contributed by atoms with Gasteiger partial charge < -0.3 is 15.7 Å². The zero-order valence-corrected chi connectivity index (χ0v) is 11.7. The summed E-state index contributed by atoms with van der Waals surface area (Å²) in [6.07, 6.45) is 3.16. The lowest BCUT2D eigenvalue weighted by Crippen LogP contribution is -2.46. The summed E-state index contributed by atoms with van der Waals surface area (Å²) in [4.78, 5) is 11.9. The number of nitrogens with one attached hydrogen (secondary N) is 2. The molecule has 0 heterocycles. The number of aliphatic hydroxyl groups is 1. The third-order valence-electron chi connectivity index (χ3n) is 3.51. The molecule has 1 fully saturated rings. The molecule has 1 aliphatic rings. The van der Waals surface area contributed by atoms with E-state index in [1.807, 2.05) is 19.1 Å². The van der Waals surface area contributed by atoms with Gasteiger partial charge in [-0.15, -0.1) is 0 Å². The lowest BCUT2D eigenvalue weighted by molar-refractivity contribution is 0.0955. The number of amides is 2. The van der Waals surface area contributed by atoms with Crippen LogP contribution in [0.3, 0.4) is 0 Å². The van der Waals surface area contributed by atoms with Gasteiger partial charge in [0, 0.05) is 0 Å². The number of hydrogen-bond donors (Lipinski definition) is 3. The smallest absolute Gasteiger partial charge is 0.319 e. The Kier molecular flexibility index (Phi) is 4.66. The first-order valence-corrected chi connectivity index (χ1v) is 6.96. The molecule has 2 atom stereocenters. The molecule has 1 aromatic carbocycles. The minimum atomic E-state index is -0.452. The van der Waals surface area contributed by atoms with Crippen LogP contribution in [0.4, 0.5) is 10.5 Å². The number of carbonyl (C=O) groups is 1. The molecule has 0 radical (unpaired) electrons. The molecule has 104 valence electrons. The van der Waals surface area contributed by atoms with Crippen LogP contribution in [-0.2, 0) is 0 Å². The third kappa shape index (κ3) is 3.61. The first kappa shape index (κ1) is 14.2. The van der Waals surface area contributed by atoms with Crippen LogP contribution >= 0.6 is 11.6 Å². The van der Waals surface area contributed by atoms with E-state index in [-0.39, 0.29) is 12.1 Å². The van der Waals surface area contributed by atoms with E-state index in [2.05, 4.69) is 10.6 Å². The van der Waals surface area contributed by atoms with E-state index in [1.54, 1.807) is 6.07 Å². The van der Waals surface area contributed by atoms with Gasteiger partial charge in [0.1, 0.15) is 0 Å². The van der Waals surface area contributed by atoms with Gasteiger partial charge in [-0.2, -0.15) is 0 Å². The Morgan fingerprint density at radius 1 is 1.37 bits per heavy atom. The van der Waals surface area contributed by atoms with E-state index in [9.17, 15) is 9.90 Å². The van der Waals surface area contributed by atoms with E-state index in [0.717, 1.165) is 31.2 Å². The van der Waals surface area contributed by atoms with Gasteiger partial charge in [-0.05, 0) is 31.4 Å². The maximum atomic E-state index is 11.9. The monoisotopic (exact) mass is 282 g/mol. The lowest BCUT2D eigenvalue weighted by atomic mass is 9.93. The number of aliphatic hydroxyl groups excluding tert-OH is 1. The number of halogens is 1. The fourth-order valence-electron chi connectivity index (χ4n) is 2.39. The topological polar surface area (TPSA) is 61.4 Å². The third-order valence-corrected chi connectivity index (χ3v) is 3.82. The van der Waals surface area contributed by atoms with Crippen molar-refractivity contribution < 1.29 is 9.90 Å². The number of para-hydroxylation sites is 1. The number of benzene rings is 1. The Hall–Kier alpha value is -1.26. The number of urea groups is 1. The highest BCUT2D eigenvalue weighted by molar-refractivity contribution is 6.33. The molecular weight excluding hydrogens is 264 g/mol. The summed E-state index contributed by atoms with van der Waals surface area (Å²) in [5.41, 5.74) is 1.53. The average Bonchev–Trinajstić information content (AvgIpc) is 2.37. The quantitative estimate of drug-likeness (QED) is 0.781. The van der Waals surface area contributed by atoms with Crippen molar-refractivity contribution in [2.75, 3.05) is 5.32 Å². The highest BCUT2D eigenvalue weighted by atomic mass is 35.5. The molecule has 4 nitrogen and oxygen atoms in total. The fourth-order valence-corrected chi connectivity index (χ4v) is 2.66. The first-order chi connectivity index (χ1) is 9.08. The number of hydrogen-bond acceptors (Lipinski definition) is 2. The van der Waals surface area contributed by atoms with Crippen molar-refractivity contribution in [2.45, 2.75) is 44.8 Å². The second-order valence-corrected chi connectivity index (χ2v) is 5.40. The van der Waals surface area contributed by atoms with E-state index in [0.29, 0.717) is 10.7 Å². The van der Waals surface area contributed by atoms with Gasteiger partial charge in [0.15, 0.2) is 0 Å². The van der Waals surface area contributed by atoms with E-state index >= 15 is 0 Å². The molecule has 2 rings (SSSR count). The van der Waals surface area contributed by atoms with Crippen molar-refractivity contribution in [3.05, 3.63) is 28.8 Å². The lowest BCUT2D eigenvalue weighted by Gasteiger charge is -2.28. The molecular formula is C14H19ClN2O2. The second kappa shape index (κ2) is 6.26. The summed E-state index contributed by atoms with van der Waals surface area (Å²) in [6, 6.07) is 4.97. The van der Waals surface area contributed by atoms with Crippen molar-refractivity contribution in [1.82, 2.24) is 5.32 Å². The Bertz CT molecular complexity index is 445. The van der Waals surface area contributed by atoms with Crippen molar-refractivity contribution in [3.8, 4) is 0 Å². The van der Waals surface area contributed by atoms with Gasteiger partial charge in [0.25, 0.3) is 0 Å². The highest BCUT2D eigenvalue weighted by Gasteiger charge is 2.24. The number of carbonyl (C=O) groups excluding carboxylic acids is 1. The molecule has 5 heteroatoms. The van der Waals surface area contributed by atoms with Crippen LogP contribution in [0.5, 0.6) is 0 Å². The van der Waals surface area contributed by atoms with Gasteiger partial charge in [-0.3, -0.25) is 0 Å². The Balaban J connectivity index is 1.97. The summed E-state index contributed by atoms with van der Waals surface area (Å²) in [7, 11) is 0. The van der Waals surface area contributed by atoms with Gasteiger partial charge >= 0.3 is 6.03 Å². The summed E-state index contributed by atoms with van der Waals surface area (Å²) in [6.45, 7) is 1.89. The van der Waals surface area contributed by atoms with E-state index in [4.69, 9.17) is 11.6 Å². The summed E-state index contributed by atoms with van der Waals surface area (Å²) >= 11 is 6.05. The van der Waals surface area contributed by atoms with Crippen molar-refractivity contribution in [3.63, 3.8) is 0 Å². The zero-order chi connectivity index (χ0) is 13.8. The Labute approximate surface area is 118 Å². The standard InChI is InChI=1S/C14H19ClN2O2/c1-9-5-4-6-10(15)13(9)17-14(19)16-11-7-2-3-8-12(11)18/h4-6,11-12,18H,2-3,7-8H2,1H3,(H2,16,17,19)/t11-,12+/m1/s1. The largest absolute Gasteiger partial charge is 0.391 e. The SMILES string of the molecule is Cc1cccc(Cl)c1NC(=O)N[C@@H]1CCCC[C@@H]1O. The van der Waals surface area contributed by atoms with Crippen LogP contribution in [0.1, 0.15) is 31.2 Å². The molecule has 1 aromatic rings.